The molecule has 168 valence electrons. The van der Waals surface area contributed by atoms with Crippen LogP contribution in [0.15, 0.2) is 54.7 Å². The zero-order valence-corrected chi connectivity index (χ0v) is 18.8. The van der Waals surface area contributed by atoms with Crippen LogP contribution in [0.1, 0.15) is 52.8 Å². The number of carboxylic acids is 2. The van der Waals surface area contributed by atoms with Gasteiger partial charge in [0.15, 0.2) is 0 Å². The Labute approximate surface area is 192 Å². The number of halogens is 1. The van der Waals surface area contributed by atoms with Crippen molar-refractivity contribution in [3.63, 3.8) is 0 Å². The zero-order valence-electron chi connectivity index (χ0n) is 18.0. The minimum Gasteiger partial charge on any atom is -0.481 e. The highest BCUT2D eigenvalue weighted by Crippen LogP contribution is 2.22. The van der Waals surface area contributed by atoms with Crippen LogP contribution >= 0.6 is 11.6 Å². The number of hydrogen-bond donors (Lipinski definition) is 2. The number of unbranched alkanes of at least 4 members (excludes halogenated alkanes) is 1. The van der Waals surface area contributed by atoms with Gasteiger partial charge in [0, 0.05) is 31.3 Å². The highest BCUT2D eigenvalue weighted by atomic mass is 35.5. The minimum atomic E-state index is -1.07. The van der Waals surface area contributed by atoms with Crippen molar-refractivity contribution in [2.24, 2.45) is 5.92 Å². The van der Waals surface area contributed by atoms with Gasteiger partial charge in [-0.05, 0) is 36.1 Å². The van der Waals surface area contributed by atoms with Crippen molar-refractivity contribution < 1.29 is 19.8 Å². The molecular weight excluding hydrogens is 428 g/mol. The van der Waals surface area contributed by atoms with E-state index in [0.717, 1.165) is 41.9 Å². The minimum absolute atomic E-state index is 0.0567. The molecule has 0 aliphatic rings. The van der Waals surface area contributed by atoms with E-state index in [2.05, 4.69) is 11.9 Å². The standard InChI is InChI=1S/C25H27ClN2O4/c1-2-3-9-23-27-15-20(14-19(24(29)30)12-17-7-5-4-6-8-17)28(23)16-18-10-11-21(25(31)32)22(26)13-18/h4-8,10-11,13,15,19H,2-3,9,12,14,16H2,1H3,(H,29,30)(H,31,32). The van der Waals surface area contributed by atoms with Crippen LogP contribution in [0.4, 0.5) is 0 Å². The summed E-state index contributed by atoms with van der Waals surface area (Å²) in [6.07, 6.45) is 5.33. The van der Waals surface area contributed by atoms with Crippen molar-refractivity contribution >= 4 is 23.5 Å². The summed E-state index contributed by atoms with van der Waals surface area (Å²) in [4.78, 5) is 27.8. The summed E-state index contributed by atoms with van der Waals surface area (Å²) in [5, 5.41) is 19.2. The molecule has 1 atom stereocenters. The fraction of sp³-hybridized carbons (Fsp3) is 0.320. The van der Waals surface area contributed by atoms with Crippen molar-refractivity contribution in [3.05, 3.63) is 88.0 Å². The molecule has 3 rings (SSSR count). The van der Waals surface area contributed by atoms with Crippen molar-refractivity contribution in [2.75, 3.05) is 0 Å². The quantitative estimate of drug-likeness (QED) is 0.420. The van der Waals surface area contributed by atoms with Gasteiger partial charge in [0.05, 0.1) is 16.5 Å². The first-order valence-corrected chi connectivity index (χ1v) is 11.1. The molecule has 0 fully saturated rings. The van der Waals surface area contributed by atoms with Crippen LogP contribution in [0.2, 0.25) is 5.02 Å². The first-order valence-electron chi connectivity index (χ1n) is 10.7. The molecule has 0 bridgehead atoms. The number of aromatic carboxylic acids is 1. The largest absolute Gasteiger partial charge is 0.481 e. The summed E-state index contributed by atoms with van der Waals surface area (Å²) in [5.74, 6) is -1.60. The van der Waals surface area contributed by atoms with Crippen LogP contribution in [0.3, 0.4) is 0 Å². The highest BCUT2D eigenvalue weighted by molar-refractivity contribution is 6.33. The predicted molar refractivity (Wildman–Crippen MR) is 123 cm³/mol. The number of hydrogen-bond acceptors (Lipinski definition) is 3. The van der Waals surface area contributed by atoms with Crippen molar-refractivity contribution in [2.45, 2.75) is 45.6 Å². The van der Waals surface area contributed by atoms with E-state index in [1.165, 1.54) is 6.07 Å². The second-order valence-corrected chi connectivity index (χ2v) is 8.31. The molecule has 0 amide bonds. The van der Waals surface area contributed by atoms with Crippen LogP contribution < -0.4 is 0 Å². The van der Waals surface area contributed by atoms with E-state index in [9.17, 15) is 19.8 Å². The second-order valence-electron chi connectivity index (χ2n) is 7.90. The van der Waals surface area contributed by atoms with Gasteiger partial charge >= 0.3 is 11.9 Å². The van der Waals surface area contributed by atoms with E-state index >= 15 is 0 Å². The molecule has 1 heterocycles. The maximum atomic E-state index is 12.0. The van der Waals surface area contributed by atoms with E-state index in [4.69, 9.17) is 11.6 Å². The molecule has 1 aromatic heterocycles. The van der Waals surface area contributed by atoms with Gasteiger partial charge in [0.1, 0.15) is 5.82 Å². The Bertz CT molecular complexity index is 1080. The smallest absolute Gasteiger partial charge is 0.337 e. The molecule has 1 unspecified atom stereocenters. The van der Waals surface area contributed by atoms with E-state index in [1.807, 2.05) is 34.9 Å². The van der Waals surface area contributed by atoms with Crippen LogP contribution in [0.5, 0.6) is 0 Å². The topological polar surface area (TPSA) is 92.4 Å². The van der Waals surface area contributed by atoms with Gasteiger partial charge in [-0.2, -0.15) is 0 Å². The molecule has 2 aromatic carbocycles. The summed E-state index contributed by atoms with van der Waals surface area (Å²) < 4.78 is 2.04. The monoisotopic (exact) mass is 454 g/mol. The highest BCUT2D eigenvalue weighted by Gasteiger charge is 2.22. The summed E-state index contributed by atoms with van der Waals surface area (Å²) in [6, 6.07) is 14.5. The Kier molecular flexibility index (Phi) is 8.06. The molecule has 2 N–H and O–H groups in total. The lowest BCUT2D eigenvalue weighted by Gasteiger charge is -2.16. The van der Waals surface area contributed by atoms with Gasteiger partial charge in [-0.25, -0.2) is 9.78 Å². The Hall–Kier alpha value is -3.12. The van der Waals surface area contributed by atoms with Crippen LogP contribution in [0, 0.1) is 5.92 Å². The SMILES string of the molecule is CCCCc1ncc(CC(Cc2ccccc2)C(=O)O)n1Cc1ccc(C(=O)O)c(Cl)c1. The molecule has 0 aliphatic heterocycles. The number of nitrogens with zero attached hydrogens (tertiary/aromatic N) is 2. The third-order valence-electron chi connectivity index (χ3n) is 5.51. The molecule has 0 saturated heterocycles. The van der Waals surface area contributed by atoms with Gasteiger partial charge in [0.25, 0.3) is 0 Å². The summed E-state index contributed by atoms with van der Waals surface area (Å²) >= 11 is 6.16. The lowest BCUT2D eigenvalue weighted by atomic mass is 9.95. The fourth-order valence-corrected chi connectivity index (χ4v) is 4.04. The van der Waals surface area contributed by atoms with Gasteiger partial charge in [-0.3, -0.25) is 4.79 Å². The Balaban J connectivity index is 1.89. The van der Waals surface area contributed by atoms with Crippen LogP contribution in [-0.2, 0) is 30.6 Å². The summed E-state index contributed by atoms with van der Waals surface area (Å²) in [7, 11) is 0. The zero-order chi connectivity index (χ0) is 23.1. The number of benzene rings is 2. The number of rotatable bonds is 11. The maximum absolute atomic E-state index is 12.0. The molecule has 3 aromatic rings. The third-order valence-corrected chi connectivity index (χ3v) is 5.82. The average molecular weight is 455 g/mol. The van der Waals surface area contributed by atoms with Gasteiger partial charge in [0.2, 0.25) is 0 Å². The van der Waals surface area contributed by atoms with Crippen molar-refractivity contribution in [3.8, 4) is 0 Å². The normalized spacial score (nSPS) is 11.9. The van der Waals surface area contributed by atoms with E-state index in [0.29, 0.717) is 19.4 Å². The Morgan fingerprint density at radius 1 is 1.06 bits per heavy atom. The van der Waals surface area contributed by atoms with Gasteiger partial charge < -0.3 is 14.8 Å². The van der Waals surface area contributed by atoms with Crippen LogP contribution in [-0.4, -0.2) is 31.7 Å². The molecular formula is C25H27ClN2O4. The first-order chi connectivity index (χ1) is 15.4. The average Bonchev–Trinajstić information content (AvgIpc) is 3.13. The molecule has 0 saturated carbocycles. The molecule has 32 heavy (non-hydrogen) atoms. The number of carbonyl (C=O) groups is 2. The Morgan fingerprint density at radius 3 is 2.44 bits per heavy atom. The fourth-order valence-electron chi connectivity index (χ4n) is 3.76. The molecule has 0 radical (unpaired) electrons. The molecule has 0 aliphatic carbocycles. The number of aliphatic carboxylic acids is 1. The number of aryl methyl sites for hydroxylation is 1. The van der Waals surface area contributed by atoms with Gasteiger partial charge in [-0.15, -0.1) is 0 Å². The van der Waals surface area contributed by atoms with E-state index in [-0.39, 0.29) is 10.6 Å². The number of carboxylic acid groups (broad SMARTS) is 2. The van der Waals surface area contributed by atoms with Crippen molar-refractivity contribution in [1.29, 1.82) is 0 Å². The summed E-state index contributed by atoms with van der Waals surface area (Å²) in [6.45, 7) is 2.56. The van der Waals surface area contributed by atoms with Crippen LogP contribution in [0.25, 0.3) is 0 Å². The molecule has 0 spiro atoms. The number of imidazole rings is 1. The Morgan fingerprint density at radius 2 is 1.81 bits per heavy atom. The number of aromatic nitrogens is 2. The maximum Gasteiger partial charge on any atom is 0.337 e. The van der Waals surface area contributed by atoms with E-state index < -0.39 is 17.9 Å². The predicted octanol–water partition coefficient (Wildman–Crippen LogP) is 5.11. The summed E-state index contributed by atoms with van der Waals surface area (Å²) in [5.41, 5.74) is 2.72. The lowest BCUT2D eigenvalue weighted by molar-refractivity contribution is -0.141. The molecule has 6 nitrogen and oxygen atoms in total. The van der Waals surface area contributed by atoms with E-state index in [1.54, 1.807) is 18.3 Å². The third kappa shape index (κ3) is 5.98. The first kappa shape index (κ1) is 23.5. The lowest BCUT2D eigenvalue weighted by Crippen LogP contribution is -2.21. The second kappa shape index (κ2) is 11.0. The van der Waals surface area contributed by atoms with Gasteiger partial charge in [-0.1, -0.05) is 61.3 Å². The molecule has 7 heteroatoms. The van der Waals surface area contributed by atoms with Crippen molar-refractivity contribution in [1.82, 2.24) is 9.55 Å².